The number of carboxylic acid groups (broad SMARTS) is 1. The summed E-state index contributed by atoms with van der Waals surface area (Å²) < 4.78 is 0. The first kappa shape index (κ1) is 13.8. The van der Waals surface area contributed by atoms with Crippen LogP contribution in [0.25, 0.3) is 0 Å². The number of rotatable bonds is 3. The number of amides is 2. The van der Waals surface area contributed by atoms with Crippen LogP contribution in [-0.4, -0.2) is 60.1 Å². The number of thiophene rings is 1. The topological polar surface area (TPSA) is 72.9 Å². The molecule has 6 nitrogen and oxygen atoms in total. The van der Waals surface area contributed by atoms with E-state index in [2.05, 4.69) is 10.2 Å². The molecular formula is C12H17N3O3S. The predicted molar refractivity (Wildman–Crippen MR) is 74.0 cm³/mol. The highest BCUT2D eigenvalue weighted by molar-refractivity contribution is 7.14. The molecule has 2 rings (SSSR count). The third-order valence-corrected chi connectivity index (χ3v) is 4.13. The van der Waals surface area contributed by atoms with Gasteiger partial charge in [-0.2, -0.15) is 0 Å². The second-order valence-corrected chi connectivity index (χ2v) is 5.67. The first-order valence-electron chi connectivity index (χ1n) is 6.02. The lowest BCUT2D eigenvalue weighted by molar-refractivity contribution is 0.0698. The molecule has 1 aliphatic rings. The number of hydrogen-bond donors (Lipinski definition) is 2. The van der Waals surface area contributed by atoms with Crippen LogP contribution in [0, 0.1) is 0 Å². The van der Waals surface area contributed by atoms with Crippen molar-refractivity contribution < 1.29 is 14.7 Å². The van der Waals surface area contributed by atoms with Crippen molar-refractivity contribution in [2.24, 2.45) is 0 Å². The Hall–Kier alpha value is -1.60. The summed E-state index contributed by atoms with van der Waals surface area (Å²) >= 11 is 1.22. The lowest BCUT2D eigenvalue weighted by atomic mass is 10.2. The molecule has 104 valence electrons. The number of anilines is 1. The minimum Gasteiger partial charge on any atom is -0.478 e. The number of likely N-dealkylation sites (tertiary alicyclic amines) is 1. The number of nitrogens with zero attached hydrogens (tertiary/aromatic N) is 2. The number of hydrogen-bond acceptors (Lipinski definition) is 4. The zero-order valence-electron chi connectivity index (χ0n) is 10.9. The molecule has 1 aromatic heterocycles. The summed E-state index contributed by atoms with van der Waals surface area (Å²) in [4.78, 5) is 26.8. The van der Waals surface area contributed by atoms with E-state index in [0.717, 1.165) is 6.42 Å². The fourth-order valence-corrected chi connectivity index (χ4v) is 2.87. The number of urea groups is 1. The van der Waals surface area contributed by atoms with E-state index in [9.17, 15) is 9.59 Å². The fraction of sp³-hybridized carbons (Fsp3) is 0.500. The molecule has 0 bridgehead atoms. The van der Waals surface area contributed by atoms with Gasteiger partial charge in [-0.1, -0.05) is 0 Å². The molecule has 0 saturated carbocycles. The fourth-order valence-electron chi connectivity index (χ4n) is 2.10. The highest BCUT2D eigenvalue weighted by Crippen LogP contribution is 2.24. The molecule has 19 heavy (non-hydrogen) atoms. The SMILES string of the molecule is CN(C)C1CCN(C(=O)Nc2sccc2C(=O)O)C1. The summed E-state index contributed by atoms with van der Waals surface area (Å²) in [6.45, 7) is 1.37. The third-order valence-electron chi connectivity index (χ3n) is 3.30. The second-order valence-electron chi connectivity index (χ2n) is 4.75. The monoisotopic (exact) mass is 283 g/mol. The van der Waals surface area contributed by atoms with E-state index in [1.807, 2.05) is 14.1 Å². The van der Waals surface area contributed by atoms with Crippen LogP contribution >= 0.6 is 11.3 Å². The molecule has 0 aliphatic carbocycles. The highest BCUT2D eigenvalue weighted by Gasteiger charge is 2.28. The largest absolute Gasteiger partial charge is 0.478 e. The van der Waals surface area contributed by atoms with E-state index in [0.29, 0.717) is 24.1 Å². The van der Waals surface area contributed by atoms with Gasteiger partial charge in [-0.25, -0.2) is 9.59 Å². The average molecular weight is 283 g/mol. The van der Waals surface area contributed by atoms with E-state index in [1.54, 1.807) is 10.3 Å². The summed E-state index contributed by atoms with van der Waals surface area (Å²) in [5.74, 6) is -1.02. The minimum atomic E-state index is -1.02. The van der Waals surface area contributed by atoms with Crippen LogP contribution in [0.1, 0.15) is 16.8 Å². The smallest absolute Gasteiger partial charge is 0.338 e. The first-order valence-corrected chi connectivity index (χ1v) is 6.90. The predicted octanol–water partition coefficient (Wildman–Crippen LogP) is 1.61. The first-order chi connectivity index (χ1) is 8.99. The number of carbonyl (C=O) groups excluding carboxylic acids is 1. The van der Waals surface area contributed by atoms with Crippen LogP contribution in [0.2, 0.25) is 0 Å². The van der Waals surface area contributed by atoms with Crippen LogP contribution in [0.4, 0.5) is 9.80 Å². The van der Waals surface area contributed by atoms with Gasteiger partial charge in [0.1, 0.15) is 5.00 Å². The van der Waals surface area contributed by atoms with Gasteiger partial charge >= 0.3 is 12.0 Å². The summed E-state index contributed by atoms with van der Waals surface area (Å²) in [6.07, 6.45) is 0.941. The Balaban J connectivity index is 1.98. The Bertz CT molecular complexity index is 486. The minimum absolute atomic E-state index is 0.140. The summed E-state index contributed by atoms with van der Waals surface area (Å²) in [6, 6.07) is 1.64. The molecule has 0 radical (unpaired) electrons. The zero-order chi connectivity index (χ0) is 14.0. The normalized spacial score (nSPS) is 18.9. The van der Waals surface area contributed by atoms with E-state index in [-0.39, 0.29) is 11.6 Å². The Morgan fingerprint density at radius 3 is 2.84 bits per heavy atom. The van der Waals surface area contributed by atoms with E-state index in [4.69, 9.17) is 5.11 Å². The molecule has 7 heteroatoms. The maximum absolute atomic E-state index is 12.1. The molecular weight excluding hydrogens is 266 g/mol. The van der Waals surface area contributed by atoms with Gasteiger partial charge in [0.05, 0.1) is 5.56 Å². The van der Waals surface area contributed by atoms with Crippen molar-refractivity contribution in [3.63, 3.8) is 0 Å². The number of likely N-dealkylation sites (N-methyl/N-ethyl adjacent to an activating group) is 1. The van der Waals surface area contributed by atoms with Gasteiger partial charge in [0.25, 0.3) is 0 Å². The summed E-state index contributed by atoms with van der Waals surface area (Å²) in [5, 5.41) is 13.7. The van der Waals surface area contributed by atoms with Gasteiger partial charge in [0.15, 0.2) is 0 Å². The molecule has 0 aromatic carbocycles. The van der Waals surface area contributed by atoms with Crippen molar-refractivity contribution in [2.45, 2.75) is 12.5 Å². The second kappa shape index (κ2) is 5.58. The lowest BCUT2D eigenvalue weighted by Gasteiger charge is -2.20. The third kappa shape index (κ3) is 3.05. The van der Waals surface area contributed by atoms with Crippen LogP contribution in [0.3, 0.4) is 0 Å². The Morgan fingerprint density at radius 1 is 1.53 bits per heavy atom. The van der Waals surface area contributed by atoms with Crippen LogP contribution in [0.15, 0.2) is 11.4 Å². The summed E-state index contributed by atoms with van der Waals surface area (Å²) in [5.41, 5.74) is 0.140. The molecule has 1 fully saturated rings. The van der Waals surface area contributed by atoms with E-state index >= 15 is 0 Å². The van der Waals surface area contributed by atoms with Crippen molar-refractivity contribution in [1.29, 1.82) is 0 Å². The van der Waals surface area contributed by atoms with Crippen molar-refractivity contribution >= 4 is 28.3 Å². The van der Waals surface area contributed by atoms with Crippen molar-refractivity contribution in [3.8, 4) is 0 Å². The van der Waals surface area contributed by atoms with Gasteiger partial charge in [0, 0.05) is 19.1 Å². The van der Waals surface area contributed by atoms with E-state index < -0.39 is 5.97 Å². The van der Waals surface area contributed by atoms with Crippen LogP contribution in [-0.2, 0) is 0 Å². The maximum Gasteiger partial charge on any atom is 0.338 e. The molecule has 2 amide bonds. The molecule has 1 aromatic rings. The van der Waals surface area contributed by atoms with E-state index in [1.165, 1.54) is 17.4 Å². The van der Waals surface area contributed by atoms with Gasteiger partial charge in [0.2, 0.25) is 0 Å². The molecule has 0 spiro atoms. The quantitative estimate of drug-likeness (QED) is 0.884. The van der Waals surface area contributed by atoms with Gasteiger partial charge in [-0.05, 0) is 32.0 Å². The van der Waals surface area contributed by atoms with Crippen molar-refractivity contribution in [3.05, 3.63) is 17.0 Å². The number of aromatic carboxylic acids is 1. The molecule has 1 unspecified atom stereocenters. The summed E-state index contributed by atoms with van der Waals surface area (Å²) in [7, 11) is 3.99. The highest BCUT2D eigenvalue weighted by atomic mass is 32.1. The maximum atomic E-state index is 12.1. The average Bonchev–Trinajstić information content (AvgIpc) is 2.96. The number of nitrogens with one attached hydrogen (secondary N) is 1. The Morgan fingerprint density at radius 2 is 2.26 bits per heavy atom. The van der Waals surface area contributed by atoms with Crippen LogP contribution in [0.5, 0.6) is 0 Å². The molecule has 1 atom stereocenters. The van der Waals surface area contributed by atoms with Gasteiger partial charge in [-0.3, -0.25) is 5.32 Å². The molecule has 1 saturated heterocycles. The van der Waals surface area contributed by atoms with Gasteiger partial charge < -0.3 is 14.9 Å². The van der Waals surface area contributed by atoms with Crippen molar-refractivity contribution in [1.82, 2.24) is 9.80 Å². The Kier molecular flexibility index (Phi) is 4.06. The molecule has 2 heterocycles. The van der Waals surface area contributed by atoms with Gasteiger partial charge in [-0.15, -0.1) is 11.3 Å². The molecule has 1 aliphatic heterocycles. The molecule has 2 N–H and O–H groups in total. The van der Waals surface area contributed by atoms with Crippen LogP contribution < -0.4 is 5.32 Å². The standard InChI is InChI=1S/C12H17N3O3S/c1-14(2)8-3-5-15(7-8)12(18)13-10-9(11(16)17)4-6-19-10/h4,6,8H,3,5,7H2,1-2H3,(H,13,18)(H,16,17). The lowest BCUT2D eigenvalue weighted by Crippen LogP contribution is -2.36. The zero-order valence-corrected chi connectivity index (χ0v) is 11.7. The van der Waals surface area contributed by atoms with Crippen molar-refractivity contribution in [2.75, 3.05) is 32.5 Å². The number of carboxylic acids is 1. The Labute approximate surface area is 115 Å². The number of carbonyl (C=O) groups is 2.